The van der Waals surface area contributed by atoms with Crippen LogP contribution in [0.25, 0.3) is 10.4 Å². The quantitative estimate of drug-likeness (QED) is 0.632. The van der Waals surface area contributed by atoms with Crippen LogP contribution < -0.4 is 10.5 Å². The van der Waals surface area contributed by atoms with Crippen molar-refractivity contribution in [2.45, 2.75) is 11.1 Å². The zero-order valence-electron chi connectivity index (χ0n) is 11.9. The molecule has 0 unspecified atom stereocenters. The van der Waals surface area contributed by atoms with Crippen molar-refractivity contribution in [1.29, 1.82) is 0 Å². The number of hydrogen-bond acceptors (Lipinski definition) is 6. The molecule has 6 nitrogen and oxygen atoms in total. The summed E-state index contributed by atoms with van der Waals surface area (Å²) in [7, 11) is -3.75. The van der Waals surface area contributed by atoms with Crippen molar-refractivity contribution in [2.24, 2.45) is 0 Å². The third kappa shape index (κ3) is 3.26. The van der Waals surface area contributed by atoms with Gasteiger partial charge in [-0.2, -0.15) is 0 Å². The molecule has 120 valence electrons. The molecule has 0 aliphatic rings. The second-order valence-electron chi connectivity index (χ2n) is 4.76. The number of nitrogen functional groups attached to an aromatic ring is 1. The van der Waals surface area contributed by atoms with Crippen molar-refractivity contribution in [1.82, 2.24) is 5.16 Å². The van der Waals surface area contributed by atoms with E-state index in [1.165, 1.54) is 0 Å². The van der Waals surface area contributed by atoms with Crippen molar-refractivity contribution in [3.05, 3.63) is 46.6 Å². The molecular formula is C14H12BrN3O3S2. The maximum Gasteiger partial charge on any atom is 0.273 e. The molecule has 0 fully saturated rings. The third-order valence-electron chi connectivity index (χ3n) is 3.04. The number of hydrogen-bond donors (Lipinski definition) is 2. The van der Waals surface area contributed by atoms with E-state index in [1.54, 1.807) is 31.2 Å². The summed E-state index contributed by atoms with van der Waals surface area (Å²) in [4.78, 5) is 0.811. The Kier molecular flexibility index (Phi) is 4.17. The van der Waals surface area contributed by atoms with Gasteiger partial charge in [-0.3, -0.25) is 0 Å². The average molecular weight is 414 g/mol. The van der Waals surface area contributed by atoms with Gasteiger partial charge in [-0.05, 0) is 52.7 Å². The molecule has 9 heteroatoms. The van der Waals surface area contributed by atoms with E-state index in [0.29, 0.717) is 15.9 Å². The Morgan fingerprint density at radius 3 is 2.74 bits per heavy atom. The van der Waals surface area contributed by atoms with Crippen molar-refractivity contribution < 1.29 is 12.9 Å². The molecule has 0 saturated heterocycles. The second-order valence-corrected chi connectivity index (χ2v) is 8.55. The van der Waals surface area contributed by atoms with Gasteiger partial charge in [-0.1, -0.05) is 17.3 Å². The maximum absolute atomic E-state index is 12.4. The van der Waals surface area contributed by atoms with E-state index in [9.17, 15) is 8.42 Å². The van der Waals surface area contributed by atoms with Crippen LogP contribution in [0.3, 0.4) is 0 Å². The molecule has 2 heterocycles. The molecule has 0 amide bonds. The standard InChI is InChI=1S/C14H12BrN3O3S2/c1-8-13(15)14(21-17-8)18-23(19,20)12-6-5-11(22-12)9-3-2-4-10(16)7-9/h2-7,18H,16H2,1H3. The van der Waals surface area contributed by atoms with Crippen LogP contribution in [0.1, 0.15) is 5.69 Å². The van der Waals surface area contributed by atoms with E-state index in [1.807, 2.05) is 12.1 Å². The normalized spacial score (nSPS) is 11.6. The molecule has 1 aromatic carbocycles. The topological polar surface area (TPSA) is 98.2 Å². The maximum atomic E-state index is 12.4. The van der Waals surface area contributed by atoms with E-state index in [2.05, 4.69) is 25.8 Å². The number of thiophene rings is 1. The van der Waals surface area contributed by atoms with E-state index in [0.717, 1.165) is 21.8 Å². The number of nitrogens with two attached hydrogens (primary N) is 1. The molecule has 0 radical (unpaired) electrons. The highest BCUT2D eigenvalue weighted by Gasteiger charge is 2.22. The zero-order valence-corrected chi connectivity index (χ0v) is 15.1. The van der Waals surface area contributed by atoms with E-state index in [4.69, 9.17) is 10.3 Å². The van der Waals surface area contributed by atoms with Crippen LogP contribution in [0.4, 0.5) is 11.6 Å². The van der Waals surface area contributed by atoms with Gasteiger partial charge in [-0.25, -0.2) is 13.1 Å². The molecule has 3 rings (SSSR count). The van der Waals surface area contributed by atoms with Crippen LogP contribution in [0.15, 0.2) is 49.6 Å². The first kappa shape index (κ1) is 16.0. The second kappa shape index (κ2) is 5.99. The first-order valence-electron chi connectivity index (χ1n) is 6.47. The summed E-state index contributed by atoms with van der Waals surface area (Å²) in [6.07, 6.45) is 0. The predicted molar refractivity (Wildman–Crippen MR) is 93.9 cm³/mol. The lowest BCUT2D eigenvalue weighted by molar-refractivity contribution is 0.430. The minimum absolute atomic E-state index is 0.0569. The Balaban J connectivity index is 1.91. The first-order valence-corrected chi connectivity index (χ1v) is 9.56. The highest BCUT2D eigenvalue weighted by atomic mass is 79.9. The van der Waals surface area contributed by atoms with Gasteiger partial charge in [0.25, 0.3) is 15.9 Å². The molecule has 23 heavy (non-hydrogen) atoms. The van der Waals surface area contributed by atoms with Gasteiger partial charge in [0.15, 0.2) is 0 Å². The summed E-state index contributed by atoms with van der Waals surface area (Å²) in [5.41, 5.74) is 7.82. The minimum atomic E-state index is -3.75. The number of halogens is 1. The molecule has 2 aromatic heterocycles. The lowest BCUT2D eigenvalue weighted by Crippen LogP contribution is -2.11. The summed E-state index contributed by atoms with van der Waals surface area (Å²) in [5.74, 6) is 0.0569. The Bertz CT molecular complexity index is 963. The number of nitrogens with zero attached hydrogens (tertiary/aromatic N) is 1. The SMILES string of the molecule is Cc1noc(NS(=O)(=O)c2ccc(-c3cccc(N)c3)s2)c1Br. The molecule has 0 atom stereocenters. The fourth-order valence-electron chi connectivity index (χ4n) is 1.91. The van der Waals surface area contributed by atoms with Crippen LogP contribution in [-0.2, 0) is 10.0 Å². The molecule has 0 aliphatic heterocycles. The fourth-order valence-corrected chi connectivity index (χ4v) is 4.58. The number of aryl methyl sites for hydroxylation is 1. The molecule has 0 spiro atoms. The first-order chi connectivity index (χ1) is 10.9. The highest BCUT2D eigenvalue weighted by Crippen LogP contribution is 2.34. The van der Waals surface area contributed by atoms with Crippen LogP contribution in [0.2, 0.25) is 0 Å². The molecule has 3 N–H and O–H groups in total. The lowest BCUT2D eigenvalue weighted by Gasteiger charge is -2.02. The van der Waals surface area contributed by atoms with Crippen LogP contribution in [0.5, 0.6) is 0 Å². The average Bonchev–Trinajstić information content (AvgIpc) is 3.11. The number of benzene rings is 1. The summed E-state index contributed by atoms with van der Waals surface area (Å²) in [6.45, 7) is 1.70. The third-order valence-corrected chi connectivity index (χ3v) is 6.93. The van der Waals surface area contributed by atoms with Crippen molar-refractivity contribution >= 4 is 48.9 Å². The highest BCUT2D eigenvalue weighted by molar-refractivity contribution is 9.10. The Morgan fingerprint density at radius 1 is 1.30 bits per heavy atom. The number of sulfonamides is 1. The van der Waals surface area contributed by atoms with Gasteiger partial charge in [0.05, 0.1) is 5.69 Å². The predicted octanol–water partition coefficient (Wildman–Crippen LogP) is 3.86. The molecule has 0 aliphatic carbocycles. The van der Waals surface area contributed by atoms with Crippen LogP contribution in [0, 0.1) is 6.92 Å². The summed E-state index contributed by atoms with van der Waals surface area (Å²) >= 11 is 4.38. The number of anilines is 2. The largest absolute Gasteiger partial charge is 0.399 e. The summed E-state index contributed by atoms with van der Waals surface area (Å²) in [5, 5.41) is 3.70. The van der Waals surface area contributed by atoms with Crippen LogP contribution in [-0.4, -0.2) is 13.6 Å². The van der Waals surface area contributed by atoms with Gasteiger partial charge >= 0.3 is 0 Å². The summed E-state index contributed by atoms with van der Waals surface area (Å²) in [6, 6.07) is 10.6. The molecule has 0 saturated carbocycles. The van der Waals surface area contributed by atoms with E-state index >= 15 is 0 Å². The Hall–Kier alpha value is -1.84. The Labute approximate surface area is 145 Å². The molecule has 0 bridgehead atoms. The molecule has 3 aromatic rings. The van der Waals surface area contributed by atoms with Gasteiger partial charge in [0, 0.05) is 10.6 Å². The minimum Gasteiger partial charge on any atom is -0.399 e. The van der Waals surface area contributed by atoms with Crippen molar-refractivity contribution in [3.63, 3.8) is 0 Å². The van der Waals surface area contributed by atoms with Crippen molar-refractivity contribution in [3.8, 4) is 10.4 Å². The smallest absolute Gasteiger partial charge is 0.273 e. The lowest BCUT2D eigenvalue weighted by atomic mass is 10.2. The van der Waals surface area contributed by atoms with E-state index < -0.39 is 10.0 Å². The monoisotopic (exact) mass is 413 g/mol. The summed E-state index contributed by atoms with van der Waals surface area (Å²) < 4.78 is 32.9. The van der Waals surface area contributed by atoms with Gasteiger partial charge in [0.2, 0.25) is 0 Å². The van der Waals surface area contributed by atoms with Gasteiger partial charge in [-0.15, -0.1) is 11.3 Å². The number of nitrogens with one attached hydrogen (secondary N) is 1. The fraction of sp³-hybridized carbons (Fsp3) is 0.0714. The number of rotatable bonds is 4. The zero-order chi connectivity index (χ0) is 16.6. The van der Waals surface area contributed by atoms with Gasteiger partial charge in [0.1, 0.15) is 8.68 Å². The van der Waals surface area contributed by atoms with E-state index in [-0.39, 0.29) is 10.1 Å². The van der Waals surface area contributed by atoms with Crippen molar-refractivity contribution in [2.75, 3.05) is 10.5 Å². The molecular weight excluding hydrogens is 402 g/mol. The number of aromatic nitrogens is 1. The van der Waals surface area contributed by atoms with Gasteiger partial charge < -0.3 is 10.3 Å². The Morgan fingerprint density at radius 2 is 2.09 bits per heavy atom. The van der Waals surface area contributed by atoms with Crippen LogP contribution >= 0.6 is 27.3 Å².